The number of aromatic hydroxyl groups is 1. The van der Waals surface area contributed by atoms with Gasteiger partial charge in [-0.25, -0.2) is 5.43 Å². The van der Waals surface area contributed by atoms with Gasteiger partial charge in [-0.2, -0.15) is 10.2 Å². The number of nitro groups is 1. The number of para-hydroxylation sites is 1. The molecule has 114 valence electrons. The van der Waals surface area contributed by atoms with Gasteiger partial charge < -0.3 is 5.11 Å². The van der Waals surface area contributed by atoms with Gasteiger partial charge in [0.1, 0.15) is 24.7 Å². The molecule has 0 radical (unpaired) electrons. The summed E-state index contributed by atoms with van der Waals surface area (Å²) in [5.74, 6) is -0.437. The molecule has 0 aliphatic heterocycles. The van der Waals surface area contributed by atoms with Crippen molar-refractivity contribution in [3.8, 4) is 5.75 Å². The van der Waals surface area contributed by atoms with Crippen LogP contribution in [0.2, 0.25) is 0 Å². The first kappa shape index (κ1) is 15.2. The number of nitrogens with one attached hydrogen (secondary N) is 1. The summed E-state index contributed by atoms with van der Waals surface area (Å²) in [7, 11) is 0. The number of phenols is 1. The van der Waals surface area contributed by atoms with E-state index in [1.54, 1.807) is 25.1 Å². The third-order valence-electron chi connectivity index (χ3n) is 2.78. The van der Waals surface area contributed by atoms with Crippen LogP contribution < -0.4 is 5.43 Å². The molecule has 2 N–H and O–H groups in total. The number of carbonyl (C=O) groups is 1. The molecular formula is C13H13N5O4. The number of aromatic nitrogens is 2. The largest absolute Gasteiger partial charge is 0.507 e. The Morgan fingerprint density at radius 2 is 2.23 bits per heavy atom. The van der Waals surface area contributed by atoms with Gasteiger partial charge in [0.05, 0.1) is 10.6 Å². The normalized spacial score (nSPS) is 11.2. The Morgan fingerprint density at radius 3 is 2.86 bits per heavy atom. The minimum absolute atomic E-state index is 0.0562. The molecule has 9 heteroatoms. The van der Waals surface area contributed by atoms with Gasteiger partial charge in [-0.3, -0.25) is 19.6 Å². The number of carbonyl (C=O) groups excluding carboxylic acids is 1. The molecule has 0 aliphatic carbocycles. The third kappa shape index (κ3) is 3.66. The van der Waals surface area contributed by atoms with Gasteiger partial charge in [-0.1, -0.05) is 12.1 Å². The van der Waals surface area contributed by atoms with E-state index in [1.807, 2.05) is 0 Å². The fourth-order valence-electron chi connectivity index (χ4n) is 1.70. The Morgan fingerprint density at radius 1 is 1.50 bits per heavy atom. The van der Waals surface area contributed by atoms with Gasteiger partial charge in [0.15, 0.2) is 0 Å². The summed E-state index contributed by atoms with van der Waals surface area (Å²) in [4.78, 5) is 21.6. The standard InChI is InChI=1S/C13H13N5O4/c1-9(11-4-2-3-5-12(11)19)15-16-13(20)8-17-7-10(6-14-17)18(21)22/h2-7,19H,8H2,1H3,(H,16,20). The molecular weight excluding hydrogens is 290 g/mol. The fourth-order valence-corrected chi connectivity index (χ4v) is 1.70. The summed E-state index contributed by atoms with van der Waals surface area (Å²) < 4.78 is 1.14. The van der Waals surface area contributed by atoms with Crippen molar-refractivity contribution < 1.29 is 14.8 Å². The van der Waals surface area contributed by atoms with E-state index in [0.717, 1.165) is 17.1 Å². The van der Waals surface area contributed by atoms with Crippen LogP contribution in [0.15, 0.2) is 41.8 Å². The molecule has 2 rings (SSSR count). The molecule has 0 aliphatic rings. The smallest absolute Gasteiger partial charge is 0.307 e. The molecule has 0 fully saturated rings. The lowest BCUT2D eigenvalue weighted by atomic mass is 10.1. The third-order valence-corrected chi connectivity index (χ3v) is 2.78. The van der Waals surface area contributed by atoms with E-state index in [4.69, 9.17) is 0 Å². The predicted octanol–water partition coefficient (Wildman–Crippen LogP) is 1.04. The summed E-state index contributed by atoms with van der Waals surface area (Å²) >= 11 is 0. The topological polar surface area (TPSA) is 123 Å². The van der Waals surface area contributed by atoms with Crippen molar-refractivity contribution in [2.75, 3.05) is 0 Å². The number of hydrogen-bond donors (Lipinski definition) is 2. The highest BCUT2D eigenvalue weighted by molar-refractivity contribution is 6.01. The molecule has 0 unspecified atom stereocenters. The second kappa shape index (κ2) is 6.48. The maximum absolute atomic E-state index is 11.7. The summed E-state index contributed by atoms with van der Waals surface area (Å²) in [6, 6.07) is 6.59. The van der Waals surface area contributed by atoms with Crippen LogP contribution in [-0.2, 0) is 11.3 Å². The van der Waals surface area contributed by atoms with E-state index in [9.17, 15) is 20.0 Å². The number of phenolic OH excluding ortho intramolecular Hbond substituents is 1. The second-order valence-corrected chi connectivity index (χ2v) is 4.40. The number of hydrogen-bond acceptors (Lipinski definition) is 6. The maximum atomic E-state index is 11.7. The van der Waals surface area contributed by atoms with Crippen molar-refractivity contribution in [3.63, 3.8) is 0 Å². The number of rotatable bonds is 5. The zero-order valence-corrected chi connectivity index (χ0v) is 11.6. The highest BCUT2D eigenvalue weighted by Gasteiger charge is 2.11. The summed E-state index contributed by atoms with van der Waals surface area (Å²) in [5.41, 5.74) is 3.04. The van der Waals surface area contributed by atoms with E-state index in [1.165, 1.54) is 6.07 Å². The average Bonchev–Trinajstić information content (AvgIpc) is 2.94. The lowest BCUT2D eigenvalue weighted by molar-refractivity contribution is -0.385. The van der Waals surface area contributed by atoms with Gasteiger partial charge >= 0.3 is 5.69 Å². The van der Waals surface area contributed by atoms with Crippen molar-refractivity contribution in [2.45, 2.75) is 13.5 Å². The van der Waals surface area contributed by atoms with Crippen LogP contribution in [0, 0.1) is 10.1 Å². The van der Waals surface area contributed by atoms with Crippen molar-refractivity contribution in [2.24, 2.45) is 5.10 Å². The van der Waals surface area contributed by atoms with Gasteiger partial charge in [-0.15, -0.1) is 0 Å². The van der Waals surface area contributed by atoms with Crippen molar-refractivity contribution in [1.82, 2.24) is 15.2 Å². The van der Waals surface area contributed by atoms with Crippen molar-refractivity contribution >= 4 is 17.3 Å². The molecule has 2 aromatic rings. The maximum Gasteiger partial charge on any atom is 0.307 e. The zero-order chi connectivity index (χ0) is 16.1. The van der Waals surface area contributed by atoms with Crippen LogP contribution in [0.1, 0.15) is 12.5 Å². The van der Waals surface area contributed by atoms with Gasteiger partial charge in [0, 0.05) is 5.56 Å². The van der Waals surface area contributed by atoms with Crippen LogP contribution in [-0.4, -0.2) is 31.4 Å². The highest BCUT2D eigenvalue weighted by atomic mass is 16.6. The molecule has 1 aromatic heterocycles. The highest BCUT2D eigenvalue weighted by Crippen LogP contribution is 2.16. The first-order valence-corrected chi connectivity index (χ1v) is 6.25. The molecule has 0 atom stereocenters. The summed E-state index contributed by atoms with van der Waals surface area (Å²) in [6.45, 7) is 1.43. The lowest BCUT2D eigenvalue weighted by Crippen LogP contribution is -2.24. The van der Waals surface area contributed by atoms with Crippen LogP contribution in [0.3, 0.4) is 0 Å². The molecule has 9 nitrogen and oxygen atoms in total. The van der Waals surface area contributed by atoms with Crippen LogP contribution in [0.25, 0.3) is 0 Å². The molecule has 0 spiro atoms. The number of benzene rings is 1. The van der Waals surface area contributed by atoms with Gasteiger partial charge in [0.25, 0.3) is 5.91 Å². The molecule has 0 bridgehead atoms. The lowest BCUT2D eigenvalue weighted by Gasteiger charge is -2.04. The first-order valence-electron chi connectivity index (χ1n) is 6.25. The molecule has 1 aromatic carbocycles. The van der Waals surface area contributed by atoms with E-state index < -0.39 is 10.8 Å². The Bertz CT molecular complexity index is 738. The Labute approximate surface area is 125 Å². The molecule has 0 saturated carbocycles. The molecule has 1 amide bonds. The first-order chi connectivity index (χ1) is 10.5. The Balaban J connectivity index is 1.98. The minimum atomic E-state index is -0.595. The second-order valence-electron chi connectivity index (χ2n) is 4.40. The van der Waals surface area contributed by atoms with Crippen LogP contribution >= 0.6 is 0 Å². The van der Waals surface area contributed by atoms with E-state index in [0.29, 0.717) is 11.3 Å². The van der Waals surface area contributed by atoms with E-state index in [-0.39, 0.29) is 18.0 Å². The number of hydrazone groups is 1. The Kier molecular flexibility index (Phi) is 4.47. The van der Waals surface area contributed by atoms with Crippen LogP contribution in [0.4, 0.5) is 5.69 Å². The zero-order valence-electron chi connectivity index (χ0n) is 11.6. The summed E-state index contributed by atoms with van der Waals surface area (Å²) in [5, 5.41) is 27.8. The minimum Gasteiger partial charge on any atom is -0.507 e. The fraction of sp³-hybridized carbons (Fsp3) is 0.154. The van der Waals surface area contributed by atoms with Crippen LogP contribution in [0.5, 0.6) is 5.75 Å². The molecule has 0 saturated heterocycles. The van der Waals surface area contributed by atoms with Crippen molar-refractivity contribution in [1.29, 1.82) is 0 Å². The average molecular weight is 303 g/mol. The molecule has 22 heavy (non-hydrogen) atoms. The van der Waals surface area contributed by atoms with Crippen molar-refractivity contribution in [3.05, 3.63) is 52.3 Å². The van der Waals surface area contributed by atoms with Gasteiger partial charge in [-0.05, 0) is 19.1 Å². The number of nitrogens with zero attached hydrogens (tertiary/aromatic N) is 4. The van der Waals surface area contributed by atoms with Gasteiger partial charge in [0.2, 0.25) is 0 Å². The monoisotopic (exact) mass is 303 g/mol. The van der Waals surface area contributed by atoms with E-state index >= 15 is 0 Å². The quantitative estimate of drug-likeness (QED) is 0.485. The Hall–Kier alpha value is -3.23. The van der Waals surface area contributed by atoms with E-state index in [2.05, 4.69) is 15.6 Å². The number of amides is 1. The molecule has 1 heterocycles. The predicted molar refractivity (Wildman–Crippen MR) is 77.3 cm³/mol. The SMILES string of the molecule is CC(=NNC(=O)Cn1cc([N+](=O)[O-])cn1)c1ccccc1O. The summed E-state index contributed by atoms with van der Waals surface area (Å²) in [6.07, 6.45) is 2.21.